The number of H-pyrrole nitrogens is 1. The molecule has 4 aromatic rings. The van der Waals surface area contributed by atoms with Crippen LogP contribution in [0.2, 0.25) is 0 Å². The Morgan fingerprint density at radius 1 is 0.977 bits per heavy atom. The molecule has 2 fully saturated rings. The van der Waals surface area contributed by atoms with Gasteiger partial charge in [0.1, 0.15) is 22.6 Å². The second-order valence-corrected chi connectivity index (χ2v) is 13.3. The highest BCUT2D eigenvalue weighted by atomic mass is 16.6. The van der Waals surface area contributed by atoms with Gasteiger partial charge in [0, 0.05) is 93.0 Å². The molecule has 232 valence electrons. The molecule has 0 atom stereocenters. The van der Waals surface area contributed by atoms with E-state index >= 15 is 0 Å². The zero-order valence-corrected chi connectivity index (χ0v) is 26.6. The molecule has 0 spiro atoms. The molecule has 2 aliphatic rings. The molecule has 0 unspecified atom stereocenters. The number of ether oxygens (including phenoxy) is 2. The van der Waals surface area contributed by atoms with E-state index in [1.807, 2.05) is 62.3 Å². The van der Waals surface area contributed by atoms with Crippen molar-refractivity contribution in [2.75, 3.05) is 44.2 Å². The van der Waals surface area contributed by atoms with Crippen molar-refractivity contribution in [3.63, 3.8) is 0 Å². The van der Waals surface area contributed by atoms with Gasteiger partial charge in [-0.25, -0.2) is 4.79 Å². The average molecular weight is 598 g/mol. The van der Waals surface area contributed by atoms with Crippen LogP contribution >= 0.6 is 0 Å². The van der Waals surface area contributed by atoms with Gasteiger partial charge in [0.2, 0.25) is 0 Å². The molecule has 1 amide bonds. The standard InChI is InChI=1S/C35H43N5O4/c1-23(2)24-10-11-31(29(18-24)30-22-37(6)33(41)32-28(30)12-13-36-32)43-27-9-7-8-25(19-27)40-20-26(21-40)38-14-16-39(17-15-38)34(42)44-35(3,4)5/h7-13,18-19,22-23,26,36H,14-17,20-21H2,1-6H3. The summed E-state index contributed by atoms with van der Waals surface area (Å²) in [5, 5.41) is 0.881. The minimum Gasteiger partial charge on any atom is -0.457 e. The highest BCUT2D eigenvalue weighted by Crippen LogP contribution is 2.39. The topological polar surface area (TPSA) is 83.0 Å². The van der Waals surface area contributed by atoms with E-state index in [2.05, 4.69) is 52.9 Å². The van der Waals surface area contributed by atoms with Gasteiger partial charge in [0.15, 0.2) is 0 Å². The summed E-state index contributed by atoms with van der Waals surface area (Å²) in [4.78, 5) is 35.0. The molecule has 6 rings (SSSR count). The van der Waals surface area contributed by atoms with Gasteiger partial charge >= 0.3 is 6.09 Å². The van der Waals surface area contributed by atoms with Gasteiger partial charge in [0.25, 0.3) is 5.56 Å². The van der Waals surface area contributed by atoms with Crippen LogP contribution in [0, 0.1) is 0 Å². The first kappa shape index (κ1) is 29.8. The van der Waals surface area contributed by atoms with E-state index in [1.165, 1.54) is 5.56 Å². The number of rotatable bonds is 6. The first-order valence-corrected chi connectivity index (χ1v) is 15.5. The minimum absolute atomic E-state index is 0.0540. The molecule has 2 saturated heterocycles. The Balaban J connectivity index is 1.16. The maximum absolute atomic E-state index is 12.7. The van der Waals surface area contributed by atoms with Crippen LogP contribution < -0.4 is 15.2 Å². The van der Waals surface area contributed by atoms with Crippen LogP contribution in [0.4, 0.5) is 10.5 Å². The van der Waals surface area contributed by atoms with E-state index in [9.17, 15) is 9.59 Å². The van der Waals surface area contributed by atoms with Crippen LogP contribution in [-0.4, -0.2) is 76.4 Å². The molecule has 4 heterocycles. The number of hydrogen-bond donors (Lipinski definition) is 1. The van der Waals surface area contributed by atoms with E-state index in [0.717, 1.165) is 59.9 Å². The third-order valence-corrected chi connectivity index (χ3v) is 8.61. The Kier molecular flexibility index (Phi) is 7.92. The molecule has 9 nitrogen and oxygen atoms in total. The van der Waals surface area contributed by atoms with Crippen LogP contribution in [0.1, 0.15) is 46.1 Å². The predicted octanol–water partition coefficient (Wildman–Crippen LogP) is 6.19. The van der Waals surface area contributed by atoms with Crippen molar-refractivity contribution < 1.29 is 14.3 Å². The number of nitrogens with zero attached hydrogens (tertiary/aromatic N) is 4. The third kappa shape index (κ3) is 6.06. The first-order valence-electron chi connectivity index (χ1n) is 15.5. The number of aromatic amines is 1. The van der Waals surface area contributed by atoms with Gasteiger partial charge in [-0.05, 0) is 62.6 Å². The number of hydrogen-bond acceptors (Lipinski definition) is 6. The van der Waals surface area contributed by atoms with Crippen LogP contribution in [0.5, 0.6) is 11.5 Å². The summed E-state index contributed by atoms with van der Waals surface area (Å²) in [5.74, 6) is 1.86. The summed E-state index contributed by atoms with van der Waals surface area (Å²) in [6.45, 7) is 15.0. The van der Waals surface area contributed by atoms with Crippen LogP contribution in [0.25, 0.3) is 22.0 Å². The molecule has 44 heavy (non-hydrogen) atoms. The zero-order valence-electron chi connectivity index (χ0n) is 26.6. The fourth-order valence-corrected chi connectivity index (χ4v) is 6.05. The van der Waals surface area contributed by atoms with Gasteiger partial charge < -0.3 is 28.8 Å². The number of carbonyl (C=O) groups is 1. The van der Waals surface area contributed by atoms with Crippen molar-refractivity contribution in [3.8, 4) is 22.6 Å². The van der Waals surface area contributed by atoms with Crippen molar-refractivity contribution in [2.24, 2.45) is 7.05 Å². The minimum atomic E-state index is -0.476. The summed E-state index contributed by atoms with van der Waals surface area (Å²) in [6.07, 6.45) is 3.49. The molecular weight excluding hydrogens is 554 g/mol. The zero-order chi connectivity index (χ0) is 31.2. The Bertz CT molecular complexity index is 1720. The molecule has 0 saturated carbocycles. The summed E-state index contributed by atoms with van der Waals surface area (Å²) in [7, 11) is 1.78. The number of pyridine rings is 1. The lowest BCUT2D eigenvalue weighted by Gasteiger charge is -2.49. The monoisotopic (exact) mass is 597 g/mol. The Morgan fingerprint density at radius 3 is 2.43 bits per heavy atom. The van der Waals surface area contributed by atoms with Gasteiger partial charge in [-0.3, -0.25) is 9.69 Å². The molecule has 2 aromatic heterocycles. The van der Waals surface area contributed by atoms with Crippen molar-refractivity contribution in [1.29, 1.82) is 0 Å². The van der Waals surface area contributed by atoms with Gasteiger partial charge in [-0.1, -0.05) is 26.0 Å². The maximum Gasteiger partial charge on any atom is 0.410 e. The molecule has 0 aliphatic carbocycles. The van der Waals surface area contributed by atoms with Gasteiger partial charge in [0.05, 0.1) is 0 Å². The van der Waals surface area contributed by atoms with E-state index < -0.39 is 5.60 Å². The van der Waals surface area contributed by atoms with Crippen LogP contribution in [-0.2, 0) is 11.8 Å². The van der Waals surface area contributed by atoms with E-state index in [1.54, 1.807) is 11.6 Å². The van der Waals surface area contributed by atoms with E-state index in [4.69, 9.17) is 9.47 Å². The van der Waals surface area contributed by atoms with Crippen molar-refractivity contribution in [2.45, 2.75) is 52.2 Å². The quantitative estimate of drug-likeness (QED) is 0.285. The van der Waals surface area contributed by atoms with E-state index in [-0.39, 0.29) is 11.7 Å². The number of amides is 1. The van der Waals surface area contributed by atoms with Crippen LogP contribution in [0.15, 0.2) is 65.7 Å². The lowest BCUT2D eigenvalue weighted by Crippen LogP contribution is -2.63. The normalized spacial score (nSPS) is 16.4. The summed E-state index contributed by atoms with van der Waals surface area (Å²) >= 11 is 0. The Labute approximate surface area is 259 Å². The van der Waals surface area contributed by atoms with Crippen molar-refractivity contribution in [3.05, 3.63) is 76.8 Å². The molecule has 0 radical (unpaired) electrons. The molecule has 2 aliphatic heterocycles. The van der Waals surface area contributed by atoms with Crippen molar-refractivity contribution in [1.82, 2.24) is 19.4 Å². The fraction of sp³-hybridized carbons (Fsp3) is 0.429. The van der Waals surface area contributed by atoms with E-state index in [0.29, 0.717) is 30.6 Å². The Hall–Kier alpha value is -4.24. The summed E-state index contributed by atoms with van der Waals surface area (Å²) in [6, 6.07) is 17.0. The third-order valence-electron chi connectivity index (χ3n) is 8.61. The number of nitrogens with one attached hydrogen (secondary N) is 1. The molecular formula is C35H43N5O4. The molecule has 9 heteroatoms. The number of aryl methyl sites for hydroxylation is 1. The number of carbonyl (C=O) groups excluding carboxylic acids is 1. The number of benzene rings is 2. The molecule has 0 bridgehead atoms. The number of fused-ring (bicyclic) bond motifs is 1. The van der Waals surface area contributed by atoms with Gasteiger partial charge in [-0.15, -0.1) is 0 Å². The molecule has 2 aromatic carbocycles. The first-order chi connectivity index (χ1) is 21.0. The number of piperazine rings is 1. The highest BCUT2D eigenvalue weighted by molar-refractivity contribution is 5.96. The molecule has 1 N–H and O–H groups in total. The lowest BCUT2D eigenvalue weighted by molar-refractivity contribution is 0.00876. The lowest BCUT2D eigenvalue weighted by atomic mass is 9.96. The smallest absolute Gasteiger partial charge is 0.410 e. The summed E-state index contributed by atoms with van der Waals surface area (Å²) < 4.78 is 13.8. The van der Waals surface area contributed by atoms with Crippen LogP contribution in [0.3, 0.4) is 0 Å². The average Bonchev–Trinajstić information content (AvgIpc) is 3.45. The van der Waals surface area contributed by atoms with Gasteiger partial charge in [-0.2, -0.15) is 0 Å². The second kappa shape index (κ2) is 11.7. The highest BCUT2D eigenvalue weighted by Gasteiger charge is 2.35. The Morgan fingerprint density at radius 2 is 1.73 bits per heavy atom. The summed E-state index contributed by atoms with van der Waals surface area (Å²) in [5.41, 5.74) is 4.30. The number of aromatic nitrogens is 2. The number of anilines is 1. The largest absolute Gasteiger partial charge is 0.457 e. The maximum atomic E-state index is 12.7. The predicted molar refractivity (Wildman–Crippen MR) is 175 cm³/mol. The SMILES string of the molecule is CC(C)c1ccc(Oc2cccc(N3CC(N4CCN(C(=O)OC(C)(C)C)CC4)C3)c2)c(-c2cn(C)c(=O)c3[nH]ccc23)c1. The second-order valence-electron chi connectivity index (χ2n) is 13.3. The van der Waals surface area contributed by atoms with Crippen molar-refractivity contribution >= 4 is 22.7 Å². The fourth-order valence-electron chi connectivity index (χ4n) is 6.05.